The Hall–Kier alpha value is -1.55. The Kier molecular flexibility index (Phi) is 7.84. The number of rotatable bonds is 6. The molecule has 1 aromatic carbocycles. The second-order valence-electron chi connectivity index (χ2n) is 6.53. The fourth-order valence-electron chi connectivity index (χ4n) is 3.26. The average molecular weight is 478 g/mol. The van der Waals surface area contributed by atoms with Crippen LogP contribution in [0.4, 0.5) is 0 Å². The summed E-state index contributed by atoms with van der Waals surface area (Å²) < 4.78 is 21.1. The summed E-state index contributed by atoms with van der Waals surface area (Å²) in [7, 11) is 0. The smallest absolute Gasteiger partial charge is 0.272 e. The number of ether oxygens (including phenoxy) is 4. The van der Waals surface area contributed by atoms with Crippen LogP contribution in [0, 0.1) is 0 Å². The van der Waals surface area contributed by atoms with Gasteiger partial charge < -0.3 is 24.3 Å². The molecule has 2 aliphatic heterocycles. The summed E-state index contributed by atoms with van der Waals surface area (Å²) in [5.41, 5.74) is 9.93. The van der Waals surface area contributed by atoms with Crippen LogP contribution in [0.25, 0.3) is 10.4 Å². The maximum atomic E-state index is 12.3. The van der Waals surface area contributed by atoms with Crippen molar-refractivity contribution in [2.24, 2.45) is 5.11 Å². The van der Waals surface area contributed by atoms with Crippen LogP contribution in [-0.4, -0.2) is 53.5 Å². The molecule has 12 heteroatoms. The van der Waals surface area contributed by atoms with E-state index in [9.17, 15) is 4.79 Å². The number of amides is 1. The SMILES string of the molecule is C=CCO[C@H]1O[C@@H]2COC(c3ccccc3)O[C@H]2[C@H](N=[N+]=[N-])[C@H]1NC(=O)C(Cl)(Cl)Cl. The molecular weight excluding hydrogens is 459 g/mol. The fourth-order valence-corrected chi connectivity index (χ4v) is 3.42. The maximum Gasteiger partial charge on any atom is 0.272 e. The van der Waals surface area contributed by atoms with Crippen LogP contribution in [0.1, 0.15) is 11.9 Å². The van der Waals surface area contributed by atoms with Crippen molar-refractivity contribution in [3.05, 3.63) is 59.0 Å². The Morgan fingerprint density at radius 2 is 2.10 bits per heavy atom. The topological polar surface area (TPSA) is 115 Å². The number of azide groups is 1. The van der Waals surface area contributed by atoms with Gasteiger partial charge in [-0.1, -0.05) is 76.3 Å². The van der Waals surface area contributed by atoms with Gasteiger partial charge in [0.1, 0.15) is 12.2 Å². The van der Waals surface area contributed by atoms with Crippen molar-refractivity contribution >= 4 is 40.7 Å². The Morgan fingerprint density at radius 3 is 2.73 bits per heavy atom. The van der Waals surface area contributed by atoms with Gasteiger partial charge in [0.2, 0.25) is 0 Å². The highest BCUT2D eigenvalue weighted by molar-refractivity contribution is 6.76. The van der Waals surface area contributed by atoms with Crippen molar-refractivity contribution < 1.29 is 23.7 Å². The molecule has 162 valence electrons. The molecule has 2 fully saturated rings. The summed E-state index contributed by atoms with van der Waals surface area (Å²) in [6, 6.07) is 7.34. The number of fused-ring (bicyclic) bond motifs is 1. The summed E-state index contributed by atoms with van der Waals surface area (Å²) in [5, 5.41) is 6.38. The van der Waals surface area contributed by atoms with Crippen LogP contribution in [-0.2, 0) is 23.7 Å². The first-order valence-corrected chi connectivity index (χ1v) is 10.1. The fraction of sp³-hybridized carbons (Fsp3) is 0.500. The Morgan fingerprint density at radius 1 is 1.37 bits per heavy atom. The number of halogens is 3. The van der Waals surface area contributed by atoms with Crippen molar-refractivity contribution in [1.29, 1.82) is 0 Å². The minimum Gasteiger partial charge on any atom is -0.346 e. The van der Waals surface area contributed by atoms with E-state index in [1.807, 2.05) is 30.3 Å². The number of carbonyl (C=O) groups is 1. The predicted octanol–water partition coefficient (Wildman–Crippen LogP) is 3.56. The van der Waals surface area contributed by atoms with Crippen molar-refractivity contribution in [3.8, 4) is 0 Å². The minimum absolute atomic E-state index is 0.111. The van der Waals surface area contributed by atoms with Crippen LogP contribution in [0.15, 0.2) is 48.1 Å². The lowest BCUT2D eigenvalue weighted by atomic mass is 9.93. The molecule has 2 aliphatic rings. The van der Waals surface area contributed by atoms with Gasteiger partial charge in [0.15, 0.2) is 12.6 Å². The summed E-state index contributed by atoms with van der Waals surface area (Å²) >= 11 is 17.1. The zero-order chi connectivity index (χ0) is 21.7. The third kappa shape index (κ3) is 5.38. The lowest BCUT2D eigenvalue weighted by Crippen LogP contribution is -2.66. The number of benzene rings is 1. The van der Waals surface area contributed by atoms with Crippen LogP contribution < -0.4 is 5.32 Å². The van der Waals surface area contributed by atoms with Gasteiger partial charge in [-0.05, 0) is 5.53 Å². The predicted molar refractivity (Wildman–Crippen MR) is 110 cm³/mol. The monoisotopic (exact) mass is 476 g/mol. The summed E-state index contributed by atoms with van der Waals surface area (Å²) in [5.74, 6) is -0.920. The van der Waals surface area contributed by atoms with Gasteiger partial charge in [0, 0.05) is 10.5 Å². The van der Waals surface area contributed by atoms with E-state index in [-0.39, 0.29) is 13.2 Å². The molecule has 0 aromatic heterocycles. The molecule has 0 radical (unpaired) electrons. The lowest BCUT2D eigenvalue weighted by Gasteiger charge is -2.48. The van der Waals surface area contributed by atoms with Gasteiger partial charge in [-0.25, -0.2) is 0 Å². The summed E-state index contributed by atoms with van der Waals surface area (Å²) in [6.45, 7) is 3.85. The first-order chi connectivity index (χ1) is 14.3. The zero-order valence-corrected chi connectivity index (χ0v) is 17.8. The highest BCUT2D eigenvalue weighted by Crippen LogP contribution is 2.36. The molecule has 2 saturated heterocycles. The molecule has 1 amide bonds. The largest absolute Gasteiger partial charge is 0.346 e. The molecule has 0 aliphatic carbocycles. The van der Waals surface area contributed by atoms with E-state index in [0.29, 0.717) is 0 Å². The highest BCUT2D eigenvalue weighted by atomic mass is 35.6. The normalized spacial score (nSPS) is 31.2. The second-order valence-corrected chi connectivity index (χ2v) is 8.82. The van der Waals surface area contributed by atoms with Crippen LogP contribution in [0.3, 0.4) is 0 Å². The number of carbonyl (C=O) groups excluding carboxylic acids is 1. The number of alkyl halides is 3. The molecule has 1 unspecified atom stereocenters. The first-order valence-electron chi connectivity index (χ1n) is 8.97. The van der Waals surface area contributed by atoms with Crippen LogP contribution in [0.5, 0.6) is 0 Å². The van der Waals surface area contributed by atoms with Gasteiger partial charge in [0.25, 0.3) is 9.70 Å². The zero-order valence-electron chi connectivity index (χ0n) is 15.6. The first kappa shape index (κ1) is 23.1. The maximum absolute atomic E-state index is 12.3. The molecule has 9 nitrogen and oxygen atoms in total. The second kappa shape index (κ2) is 10.2. The third-order valence-electron chi connectivity index (χ3n) is 4.56. The van der Waals surface area contributed by atoms with E-state index >= 15 is 0 Å². The van der Waals surface area contributed by atoms with Gasteiger partial charge in [-0.2, -0.15) is 0 Å². The molecule has 0 spiro atoms. The Labute approximate surface area is 187 Å². The van der Waals surface area contributed by atoms with Gasteiger partial charge >= 0.3 is 0 Å². The summed E-state index contributed by atoms with van der Waals surface area (Å²) in [4.78, 5) is 15.2. The van der Waals surface area contributed by atoms with E-state index < -0.39 is 46.6 Å². The molecule has 6 atom stereocenters. The number of hydrogen-bond acceptors (Lipinski definition) is 6. The van der Waals surface area contributed by atoms with E-state index in [1.54, 1.807) is 0 Å². The lowest BCUT2D eigenvalue weighted by molar-refractivity contribution is -0.325. The van der Waals surface area contributed by atoms with Crippen LogP contribution >= 0.6 is 34.8 Å². The quantitative estimate of drug-likeness (QED) is 0.221. The molecule has 0 saturated carbocycles. The standard InChI is InChI=1S/C18H19Cl3N4O5/c1-2-8-27-16-13(23-17(26)18(19,20)21)12(24-25-22)14-11(29-16)9-28-15(30-14)10-6-4-3-5-7-10/h2-7,11-16H,1,8-9H2,(H,23,26)/t11-,12-,13-,14-,15?,16+/m1/s1. The van der Waals surface area contributed by atoms with Crippen molar-refractivity contribution in [2.45, 2.75) is 40.7 Å². The molecule has 30 heavy (non-hydrogen) atoms. The van der Waals surface area contributed by atoms with Gasteiger partial charge in [0.05, 0.1) is 25.3 Å². The summed E-state index contributed by atoms with van der Waals surface area (Å²) in [6.07, 6.45) is -1.58. The average Bonchev–Trinajstić information content (AvgIpc) is 2.73. The van der Waals surface area contributed by atoms with Crippen LogP contribution in [0.2, 0.25) is 0 Å². The third-order valence-corrected chi connectivity index (χ3v) is 5.07. The molecule has 0 bridgehead atoms. The molecule has 1 N–H and O–H groups in total. The number of nitrogens with zero attached hydrogens (tertiary/aromatic N) is 3. The van der Waals surface area contributed by atoms with E-state index in [0.717, 1.165) is 5.56 Å². The number of nitrogens with one attached hydrogen (secondary N) is 1. The number of hydrogen-bond donors (Lipinski definition) is 1. The van der Waals surface area contributed by atoms with Crippen molar-refractivity contribution in [3.63, 3.8) is 0 Å². The molecule has 3 rings (SSSR count). The molecule has 1 aromatic rings. The van der Waals surface area contributed by atoms with E-state index in [1.165, 1.54) is 6.08 Å². The van der Waals surface area contributed by atoms with E-state index in [2.05, 4.69) is 21.9 Å². The highest BCUT2D eigenvalue weighted by Gasteiger charge is 2.51. The van der Waals surface area contributed by atoms with E-state index in [4.69, 9.17) is 59.3 Å². The molecule has 2 heterocycles. The van der Waals surface area contributed by atoms with Gasteiger partial charge in [-0.3, -0.25) is 4.79 Å². The Bertz CT molecular complexity index is 803. The van der Waals surface area contributed by atoms with Crippen molar-refractivity contribution in [1.82, 2.24) is 5.32 Å². The van der Waals surface area contributed by atoms with Crippen molar-refractivity contribution in [2.75, 3.05) is 13.2 Å². The minimum atomic E-state index is -2.23. The van der Waals surface area contributed by atoms with Gasteiger partial charge in [-0.15, -0.1) is 6.58 Å². The Balaban J connectivity index is 1.88. The molecular formula is C18H19Cl3N4O5.